The average Bonchev–Trinajstić information content (AvgIpc) is 3.34. The van der Waals surface area contributed by atoms with Crippen LogP contribution in [0.4, 0.5) is 0 Å². The number of carbonyl (C=O) groups is 2. The molecular weight excluding hydrogens is 304 g/mol. The quantitative estimate of drug-likeness (QED) is 0.861. The van der Waals surface area contributed by atoms with Crippen LogP contribution in [0.5, 0.6) is 0 Å². The summed E-state index contributed by atoms with van der Waals surface area (Å²) in [5, 5.41) is 10.0. The molecule has 1 N–H and O–H groups in total. The summed E-state index contributed by atoms with van der Waals surface area (Å²) in [6, 6.07) is 8.11. The molecule has 2 aliphatic rings. The van der Waals surface area contributed by atoms with Gasteiger partial charge in [0.05, 0.1) is 12.0 Å². The van der Waals surface area contributed by atoms with Gasteiger partial charge in [0.1, 0.15) is 0 Å². The van der Waals surface area contributed by atoms with E-state index in [1.165, 1.54) is 5.56 Å². The lowest BCUT2D eigenvalue weighted by atomic mass is 10.1. The van der Waals surface area contributed by atoms with Crippen molar-refractivity contribution in [2.24, 2.45) is 11.8 Å². The van der Waals surface area contributed by atoms with Crippen LogP contribution in [0.15, 0.2) is 24.3 Å². The zero-order chi connectivity index (χ0) is 17.3. The summed E-state index contributed by atoms with van der Waals surface area (Å²) in [5.74, 6) is 0.0577. The average molecular weight is 330 g/mol. The molecule has 1 aliphatic heterocycles. The number of likely N-dealkylation sites (N-methyl/N-ethyl adjacent to an activating group) is 1. The molecule has 2 atom stereocenters. The van der Waals surface area contributed by atoms with E-state index in [-0.39, 0.29) is 24.2 Å². The Labute approximate surface area is 143 Å². The molecule has 2 amide bonds. The predicted molar refractivity (Wildman–Crippen MR) is 91.1 cm³/mol. The van der Waals surface area contributed by atoms with Crippen molar-refractivity contribution in [2.75, 3.05) is 20.1 Å². The second-order valence-electron chi connectivity index (χ2n) is 7.28. The van der Waals surface area contributed by atoms with E-state index in [1.54, 1.807) is 16.8 Å². The Morgan fingerprint density at radius 3 is 2.62 bits per heavy atom. The molecule has 1 aromatic rings. The summed E-state index contributed by atoms with van der Waals surface area (Å²) in [4.78, 5) is 28.1. The van der Waals surface area contributed by atoms with Crippen molar-refractivity contribution >= 4 is 11.8 Å². The molecule has 5 nitrogen and oxygen atoms in total. The standard InChI is InChI=1S/C19H26N2O3/c1-13-3-5-14(6-4-13)10-21-11-16(9-18(21)23)19(24)20(2)12-17(22)15-7-8-15/h3-6,15-17,22H,7-12H2,1-2H3. The molecule has 0 bridgehead atoms. The van der Waals surface area contributed by atoms with E-state index in [9.17, 15) is 14.7 Å². The SMILES string of the molecule is Cc1ccc(CN2CC(C(=O)N(C)CC(O)C3CC3)CC2=O)cc1. The minimum absolute atomic E-state index is 0.0325. The lowest BCUT2D eigenvalue weighted by Gasteiger charge is -2.24. The van der Waals surface area contributed by atoms with Crippen molar-refractivity contribution in [1.82, 2.24) is 9.80 Å². The summed E-state index contributed by atoms with van der Waals surface area (Å²) in [6.07, 6.45) is 1.94. The van der Waals surface area contributed by atoms with E-state index in [4.69, 9.17) is 0 Å². The van der Waals surface area contributed by atoms with Crippen LogP contribution in [0.2, 0.25) is 0 Å². The highest BCUT2D eigenvalue weighted by atomic mass is 16.3. The normalized spacial score (nSPS) is 21.9. The maximum Gasteiger partial charge on any atom is 0.227 e. The third kappa shape index (κ3) is 3.96. The van der Waals surface area contributed by atoms with E-state index < -0.39 is 6.10 Å². The molecule has 1 aliphatic carbocycles. The first-order chi connectivity index (χ1) is 11.4. The molecule has 1 saturated heterocycles. The third-order valence-corrected chi connectivity index (χ3v) is 5.06. The van der Waals surface area contributed by atoms with Crippen LogP contribution in [0.1, 0.15) is 30.4 Å². The van der Waals surface area contributed by atoms with Crippen LogP contribution in [0.25, 0.3) is 0 Å². The summed E-state index contributed by atoms with van der Waals surface area (Å²) < 4.78 is 0. The summed E-state index contributed by atoms with van der Waals surface area (Å²) >= 11 is 0. The van der Waals surface area contributed by atoms with Crippen LogP contribution in [0, 0.1) is 18.8 Å². The van der Waals surface area contributed by atoms with E-state index >= 15 is 0 Å². The van der Waals surface area contributed by atoms with E-state index in [0.717, 1.165) is 18.4 Å². The molecule has 5 heteroatoms. The van der Waals surface area contributed by atoms with Gasteiger partial charge in [0.25, 0.3) is 0 Å². The molecule has 1 aromatic carbocycles. The number of aliphatic hydroxyl groups excluding tert-OH is 1. The zero-order valence-corrected chi connectivity index (χ0v) is 14.4. The molecule has 0 spiro atoms. The summed E-state index contributed by atoms with van der Waals surface area (Å²) in [6.45, 7) is 3.42. The number of hydrogen-bond acceptors (Lipinski definition) is 3. The highest BCUT2D eigenvalue weighted by Gasteiger charge is 2.37. The van der Waals surface area contributed by atoms with Crippen molar-refractivity contribution in [2.45, 2.75) is 38.8 Å². The summed E-state index contributed by atoms with van der Waals surface area (Å²) in [7, 11) is 1.72. The van der Waals surface area contributed by atoms with Gasteiger partial charge < -0.3 is 14.9 Å². The Hall–Kier alpha value is -1.88. The number of amides is 2. The maximum atomic E-state index is 12.5. The Morgan fingerprint density at radius 1 is 1.33 bits per heavy atom. The highest BCUT2D eigenvalue weighted by molar-refractivity contribution is 5.89. The molecule has 0 radical (unpaired) electrons. The lowest BCUT2D eigenvalue weighted by molar-refractivity contribution is -0.135. The smallest absolute Gasteiger partial charge is 0.227 e. The fourth-order valence-electron chi connectivity index (χ4n) is 3.32. The maximum absolute atomic E-state index is 12.5. The Balaban J connectivity index is 1.55. The fraction of sp³-hybridized carbons (Fsp3) is 0.579. The minimum atomic E-state index is -0.431. The van der Waals surface area contributed by atoms with Crippen LogP contribution < -0.4 is 0 Å². The number of aryl methyl sites for hydroxylation is 1. The number of rotatable bonds is 6. The molecule has 3 rings (SSSR count). The first kappa shape index (κ1) is 17.0. The predicted octanol–water partition coefficient (Wildman–Crippen LogP) is 1.57. The van der Waals surface area contributed by atoms with Crippen LogP contribution in [0.3, 0.4) is 0 Å². The van der Waals surface area contributed by atoms with E-state index in [1.807, 2.05) is 31.2 Å². The number of likely N-dealkylation sites (tertiary alicyclic amines) is 1. The molecule has 2 fully saturated rings. The molecule has 1 saturated carbocycles. The largest absolute Gasteiger partial charge is 0.391 e. The van der Waals surface area contributed by atoms with E-state index in [2.05, 4.69) is 0 Å². The van der Waals surface area contributed by atoms with Crippen LogP contribution in [-0.4, -0.2) is 53.0 Å². The Morgan fingerprint density at radius 2 is 2.00 bits per heavy atom. The van der Waals surface area contributed by atoms with Gasteiger partial charge in [-0.15, -0.1) is 0 Å². The lowest BCUT2D eigenvalue weighted by Crippen LogP contribution is -2.39. The second kappa shape index (κ2) is 6.93. The van der Waals surface area contributed by atoms with Gasteiger partial charge in [-0.3, -0.25) is 9.59 Å². The van der Waals surface area contributed by atoms with Crippen molar-refractivity contribution < 1.29 is 14.7 Å². The number of benzene rings is 1. The number of nitrogens with zero attached hydrogens (tertiary/aromatic N) is 2. The second-order valence-corrected chi connectivity index (χ2v) is 7.28. The molecule has 2 unspecified atom stereocenters. The molecule has 24 heavy (non-hydrogen) atoms. The Bertz CT molecular complexity index is 610. The van der Waals surface area contributed by atoms with Crippen molar-refractivity contribution in [1.29, 1.82) is 0 Å². The fourth-order valence-corrected chi connectivity index (χ4v) is 3.32. The first-order valence-corrected chi connectivity index (χ1v) is 8.70. The minimum Gasteiger partial charge on any atom is -0.391 e. The third-order valence-electron chi connectivity index (χ3n) is 5.06. The van der Waals surface area contributed by atoms with Crippen molar-refractivity contribution in [3.63, 3.8) is 0 Å². The molecule has 1 heterocycles. The van der Waals surface area contributed by atoms with Gasteiger partial charge in [0.15, 0.2) is 0 Å². The molecule has 0 aromatic heterocycles. The van der Waals surface area contributed by atoms with Gasteiger partial charge in [0.2, 0.25) is 11.8 Å². The van der Waals surface area contributed by atoms with Crippen LogP contribution >= 0.6 is 0 Å². The number of aliphatic hydroxyl groups is 1. The molecule has 130 valence electrons. The zero-order valence-electron chi connectivity index (χ0n) is 14.4. The van der Waals surface area contributed by atoms with E-state index in [0.29, 0.717) is 25.6 Å². The van der Waals surface area contributed by atoms with Gasteiger partial charge in [-0.25, -0.2) is 0 Å². The van der Waals surface area contributed by atoms with Crippen LogP contribution in [-0.2, 0) is 16.1 Å². The van der Waals surface area contributed by atoms with Gasteiger partial charge in [-0.2, -0.15) is 0 Å². The monoisotopic (exact) mass is 330 g/mol. The Kier molecular flexibility index (Phi) is 4.90. The topological polar surface area (TPSA) is 60.9 Å². The summed E-state index contributed by atoms with van der Waals surface area (Å²) in [5.41, 5.74) is 2.27. The van der Waals surface area contributed by atoms with Gasteiger partial charge in [0, 0.05) is 33.1 Å². The van der Waals surface area contributed by atoms with Gasteiger partial charge in [-0.1, -0.05) is 29.8 Å². The van der Waals surface area contributed by atoms with Gasteiger partial charge >= 0.3 is 0 Å². The van der Waals surface area contributed by atoms with Crippen molar-refractivity contribution in [3.05, 3.63) is 35.4 Å². The van der Waals surface area contributed by atoms with Gasteiger partial charge in [-0.05, 0) is 31.2 Å². The van der Waals surface area contributed by atoms with Crippen molar-refractivity contribution in [3.8, 4) is 0 Å². The number of carbonyl (C=O) groups excluding carboxylic acids is 2. The molecular formula is C19H26N2O3. The first-order valence-electron chi connectivity index (χ1n) is 8.70. The number of hydrogen-bond donors (Lipinski definition) is 1. The highest BCUT2D eigenvalue weighted by Crippen LogP contribution is 2.33.